The van der Waals surface area contributed by atoms with Crippen molar-refractivity contribution in [3.8, 4) is 11.5 Å². The molecule has 0 aliphatic heterocycles. The summed E-state index contributed by atoms with van der Waals surface area (Å²) in [4.78, 5) is 25.7. The third-order valence-electron chi connectivity index (χ3n) is 5.10. The molecule has 0 unspecified atom stereocenters. The van der Waals surface area contributed by atoms with Crippen LogP contribution >= 0.6 is 11.3 Å². The van der Waals surface area contributed by atoms with Crippen molar-refractivity contribution in [2.75, 3.05) is 19.5 Å². The van der Waals surface area contributed by atoms with Crippen LogP contribution in [-0.2, 0) is 24.1 Å². The number of amides is 2. The zero-order valence-electron chi connectivity index (χ0n) is 16.5. The number of thiophene rings is 1. The molecule has 1 aromatic heterocycles. The molecule has 150 valence electrons. The molecule has 2 aromatic rings. The second-order valence-corrected chi connectivity index (χ2v) is 8.26. The molecule has 0 saturated heterocycles. The monoisotopic (exact) mass is 402 g/mol. The summed E-state index contributed by atoms with van der Waals surface area (Å²) in [5.41, 5.74) is 8.09. The Kier molecular flexibility index (Phi) is 6.24. The Bertz CT molecular complexity index is 891. The highest BCUT2D eigenvalue weighted by Gasteiger charge is 2.27. The number of hydrogen-bond acceptors (Lipinski definition) is 5. The first-order valence-electron chi connectivity index (χ1n) is 9.38. The van der Waals surface area contributed by atoms with E-state index in [9.17, 15) is 9.59 Å². The molecule has 1 atom stereocenters. The summed E-state index contributed by atoms with van der Waals surface area (Å²) in [5, 5.41) is 3.50. The molecule has 2 amide bonds. The molecule has 7 heteroatoms. The van der Waals surface area contributed by atoms with Crippen LogP contribution in [0.5, 0.6) is 11.5 Å². The van der Waals surface area contributed by atoms with Gasteiger partial charge >= 0.3 is 0 Å². The minimum Gasteiger partial charge on any atom is -0.493 e. The summed E-state index contributed by atoms with van der Waals surface area (Å²) < 4.78 is 10.5. The van der Waals surface area contributed by atoms with Gasteiger partial charge in [0.05, 0.1) is 19.8 Å². The van der Waals surface area contributed by atoms with E-state index in [0.29, 0.717) is 40.8 Å². The zero-order valence-corrected chi connectivity index (χ0v) is 17.3. The molecule has 3 N–H and O–H groups in total. The topological polar surface area (TPSA) is 90.6 Å². The summed E-state index contributed by atoms with van der Waals surface area (Å²) in [6.45, 7) is 2.20. The van der Waals surface area contributed by atoms with E-state index < -0.39 is 5.91 Å². The van der Waals surface area contributed by atoms with Crippen LogP contribution < -0.4 is 20.5 Å². The fourth-order valence-corrected chi connectivity index (χ4v) is 5.01. The van der Waals surface area contributed by atoms with Crippen LogP contribution in [0.2, 0.25) is 0 Å². The van der Waals surface area contributed by atoms with Crippen LogP contribution in [0.15, 0.2) is 18.2 Å². The second kappa shape index (κ2) is 8.65. The maximum absolute atomic E-state index is 12.5. The SMILES string of the molecule is COc1ccc(CCC(=O)Nc2sc3c(c2C(N)=O)CC[C@@H](C)C3)cc1OC. The number of ether oxygens (including phenoxy) is 2. The van der Waals surface area contributed by atoms with Crippen LogP contribution in [0.3, 0.4) is 0 Å². The Morgan fingerprint density at radius 2 is 2.00 bits per heavy atom. The third-order valence-corrected chi connectivity index (χ3v) is 6.27. The number of methoxy groups -OCH3 is 2. The Morgan fingerprint density at radius 3 is 2.68 bits per heavy atom. The number of fused-ring (bicyclic) bond motifs is 1. The van der Waals surface area contributed by atoms with Crippen LogP contribution in [0.25, 0.3) is 0 Å². The smallest absolute Gasteiger partial charge is 0.251 e. The van der Waals surface area contributed by atoms with E-state index in [4.69, 9.17) is 15.2 Å². The van der Waals surface area contributed by atoms with Gasteiger partial charge in [-0.1, -0.05) is 13.0 Å². The predicted molar refractivity (Wildman–Crippen MR) is 111 cm³/mol. The van der Waals surface area contributed by atoms with Gasteiger partial charge in [-0.25, -0.2) is 0 Å². The summed E-state index contributed by atoms with van der Waals surface area (Å²) in [5.74, 6) is 1.27. The van der Waals surface area contributed by atoms with Crippen LogP contribution in [-0.4, -0.2) is 26.0 Å². The van der Waals surface area contributed by atoms with E-state index in [-0.39, 0.29) is 5.91 Å². The van der Waals surface area contributed by atoms with Crippen molar-refractivity contribution in [1.82, 2.24) is 0 Å². The molecule has 0 saturated carbocycles. The van der Waals surface area contributed by atoms with Gasteiger partial charge in [0.15, 0.2) is 11.5 Å². The van der Waals surface area contributed by atoms with Crippen molar-refractivity contribution in [2.45, 2.75) is 39.0 Å². The number of anilines is 1. The van der Waals surface area contributed by atoms with Crippen LogP contribution in [0.4, 0.5) is 5.00 Å². The highest BCUT2D eigenvalue weighted by molar-refractivity contribution is 7.17. The van der Waals surface area contributed by atoms with Crippen molar-refractivity contribution < 1.29 is 19.1 Å². The molecule has 3 rings (SSSR count). The summed E-state index contributed by atoms with van der Waals surface area (Å²) in [6.07, 6.45) is 3.66. The molecule has 1 aliphatic carbocycles. The van der Waals surface area contributed by atoms with Gasteiger partial charge in [0.25, 0.3) is 5.91 Å². The number of carbonyl (C=O) groups excluding carboxylic acids is 2. The van der Waals surface area contributed by atoms with E-state index in [2.05, 4.69) is 12.2 Å². The Hall–Kier alpha value is -2.54. The van der Waals surface area contributed by atoms with Gasteiger partial charge < -0.3 is 20.5 Å². The minimum atomic E-state index is -0.470. The molecule has 0 fully saturated rings. The predicted octanol–water partition coefficient (Wildman–Crippen LogP) is 3.56. The maximum atomic E-state index is 12.5. The molecule has 0 radical (unpaired) electrons. The van der Waals surface area contributed by atoms with Crippen molar-refractivity contribution in [2.24, 2.45) is 11.7 Å². The van der Waals surface area contributed by atoms with Crippen molar-refractivity contribution in [3.63, 3.8) is 0 Å². The zero-order chi connectivity index (χ0) is 20.3. The van der Waals surface area contributed by atoms with Gasteiger partial charge in [0.1, 0.15) is 5.00 Å². The number of benzene rings is 1. The van der Waals surface area contributed by atoms with Gasteiger partial charge in [-0.05, 0) is 54.9 Å². The normalized spacial score (nSPS) is 15.6. The molecular weight excluding hydrogens is 376 g/mol. The van der Waals surface area contributed by atoms with Crippen molar-refractivity contribution >= 4 is 28.2 Å². The molecule has 1 aliphatic rings. The minimum absolute atomic E-state index is 0.135. The van der Waals surface area contributed by atoms with Crippen molar-refractivity contribution in [1.29, 1.82) is 0 Å². The number of nitrogens with two attached hydrogens (primary N) is 1. The Balaban J connectivity index is 1.69. The average molecular weight is 403 g/mol. The summed E-state index contributed by atoms with van der Waals surface area (Å²) >= 11 is 1.49. The first-order valence-corrected chi connectivity index (χ1v) is 10.2. The third kappa shape index (κ3) is 4.30. The van der Waals surface area contributed by atoms with Crippen molar-refractivity contribution in [3.05, 3.63) is 39.8 Å². The van der Waals surface area contributed by atoms with Gasteiger partial charge in [-0.3, -0.25) is 9.59 Å². The van der Waals surface area contributed by atoms with Gasteiger partial charge in [-0.2, -0.15) is 0 Å². The largest absolute Gasteiger partial charge is 0.493 e. The van der Waals surface area contributed by atoms with Gasteiger partial charge in [-0.15, -0.1) is 11.3 Å². The number of hydrogen-bond donors (Lipinski definition) is 2. The lowest BCUT2D eigenvalue weighted by Gasteiger charge is -2.18. The standard InChI is InChI=1S/C21H26N2O4S/c1-12-4-7-14-17(10-12)28-21(19(14)20(22)25)23-18(24)9-6-13-5-8-15(26-2)16(11-13)27-3/h5,8,11-12H,4,6-7,9-10H2,1-3H3,(H2,22,25)(H,23,24)/t12-/m1/s1. The lowest BCUT2D eigenvalue weighted by Crippen LogP contribution is -2.19. The first kappa shape index (κ1) is 20.2. The number of primary amides is 1. The molecular formula is C21H26N2O4S. The number of aryl methyl sites for hydroxylation is 1. The quantitative estimate of drug-likeness (QED) is 0.741. The highest BCUT2D eigenvalue weighted by Crippen LogP contribution is 2.39. The number of rotatable bonds is 7. The molecule has 1 heterocycles. The highest BCUT2D eigenvalue weighted by atomic mass is 32.1. The van der Waals surface area contributed by atoms with E-state index in [1.807, 2.05) is 18.2 Å². The lowest BCUT2D eigenvalue weighted by molar-refractivity contribution is -0.116. The molecule has 28 heavy (non-hydrogen) atoms. The average Bonchev–Trinajstić information content (AvgIpc) is 3.02. The Labute approximate surface area is 169 Å². The summed E-state index contributed by atoms with van der Waals surface area (Å²) in [6, 6.07) is 5.60. The Morgan fingerprint density at radius 1 is 1.25 bits per heavy atom. The van der Waals surface area contributed by atoms with E-state index in [0.717, 1.165) is 30.4 Å². The van der Waals surface area contributed by atoms with Crippen LogP contribution in [0, 0.1) is 5.92 Å². The second-order valence-electron chi connectivity index (χ2n) is 7.16. The lowest BCUT2D eigenvalue weighted by atomic mass is 9.88. The molecule has 0 bridgehead atoms. The number of carbonyl (C=O) groups is 2. The maximum Gasteiger partial charge on any atom is 0.251 e. The fraction of sp³-hybridized carbons (Fsp3) is 0.429. The van der Waals surface area contributed by atoms with Gasteiger partial charge in [0, 0.05) is 11.3 Å². The van der Waals surface area contributed by atoms with Crippen LogP contribution in [0.1, 0.15) is 46.1 Å². The number of nitrogens with one attached hydrogen (secondary N) is 1. The molecule has 0 spiro atoms. The molecule has 6 nitrogen and oxygen atoms in total. The van der Waals surface area contributed by atoms with E-state index in [1.165, 1.54) is 16.2 Å². The fourth-order valence-electron chi connectivity index (χ4n) is 3.58. The van der Waals surface area contributed by atoms with Gasteiger partial charge in [0.2, 0.25) is 5.91 Å². The van der Waals surface area contributed by atoms with E-state index in [1.54, 1.807) is 14.2 Å². The summed E-state index contributed by atoms with van der Waals surface area (Å²) in [7, 11) is 3.17. The first-order chi connectivity index (χ1) is 13.4. The molecule has 1 aromatic carbocycles. The van der Waals surface area contributed by atoms with E-state index >= 15 is 0 Å².